The second-order valence-electron chi connectivity index (χ2n) is 3.18. The lowest BCUT2D eigenvalue weighted by molar-refractivity contribution is 0.0106. The zero-order valence-electron chi connectivity index (χ0n) is 7.71. The Bertz CT molecular complexity index is 148. The normalized spacial score (nSPS) is 15.2. The molecule has 0 aliphatic heterocycles. The molecule has 0 aromatic carbocycles. The first-order chi connectivity index (χ1) is 5.68. The van der Waals surface area contributed by atoms with Crippen LogP contribution >= 0.6 is 0 Å². The second-order valence-corrected chi connectivity index (χ2v) is 3.18. The molecule has 0 radical (unpaired) electrons. The lowest BCUT2D eigenvalue weighted by Gasteiger charge is -2.24. The Balaban J connectivity index is 3.91. The molecule has 1 unspecified atom stereocenters. The molecule has 0 bridgehead atoms. The van der Waals surface area contributed by atoms with Gasteiger partial charge in [0.15, 0.2) is 0 Å². The van der Waals surface area contributed by atoms with E-state index in [0.29, 0.717) is 19.3 Å². The summed E-state index contributed by atoms with van der Waals surface area (Å²) in [5.41, 5.74) is -0.834. The Labute approximate surface area is 74.6 Å². The molecule has 0 aromatic rings. The highest BCUT2D eigenvalue weighted by Crippen LogP contribution is 2.21. The highest BCUT2D eigenvalue weighted by molar-refractivity contribution is 4.95. The van der Waals surface area contributed by atoms with E-state index in [9.17, 15) is 5.11 Å². The first-order valence-corrected chi connectivity index (χ1v) is 4.45. The first-order valence-electron chi connectivity index (χ1n) is 4.45. The van der Waals surface area contributed by atoms with Gasteiger partial charge in [-0.15, -0.1) is 12.3 Å². The highest BCUT2D eigenvalue weighted by atomic mass is 16.3. The van der Waals surface area contributed by atoms with Crippen LogP contribution in [-0.4, -0.2) is 22.4 Å². The zero-order valence-corrected chi connectivity index (χ0v) is 7.71. The predicted octanol–water partition coefficient (Wildman–Crippen LogP) is 1.31. The van der Waals surface area contributed by atoms with E-state index in [1.807, 2.05) is 0 Å². The van der Waals surface area contributed by atoms with Crippen molar-refractivity contribution in [2.24, 2.45) is 0 Å². The van der Waals surface area contributed by atoms with Crippen LogP contribution in [0.1, 0.15) is 39.0 Å². The second kappa shape index (κ2) is 6.05. The third-order valence-electron chi connectivity index (χ3n) is 2.00. The van der Waals surface area contributed by atoms with Gasteiger partial charge in [-0.3, -0.25) is 0 Å². The van der Waals surface area contributed by atoms with Crippen molar-refractivity contribution >= 4 is 0 Å². The summed E-state index contributed by atoms with van der Waals surface area (Å²) in [6, 6.07) is 0. The summed E-state index contributed by atoms with van der Waals surface area (Å²) in [6.45, 7) is 2.07. The number of unbranched alkanes of at least 4 members (excludes halogenated alkanes) is 1. The maximum atomic E-state index is 9.84. The molecule has 0 aliphatic carbocycles. The van der Waals surface area contributed by atoms with Gasteiger partial charge in [0.2, 0.25) is 0 Å². The topological polar surface area (TPSA) is 40.5 Å². The largest absolute Gasteiger partial charge is 0.396 e. The lowest BCUT2D eigenvalue weighted by Crippen LogP contribution is -2.29. The van der Waals surface area contributed by atoms with E-state index in [1.165, 1.54) is 0 Å². The van der Waals surface area contributed by atoms with Crippen LogP contribution < -0.4 is 0 Å². The molecule has 70 valence electrons. The van der Waals surface area contributed by atoms with E-state index in [0.717, 1.165) is 12.8 Å². The van der Waals surface area contributed by atoms with Crippen LogP contribution in [0.3, 0.4) is 0 Å². The average Bonchev–Trinajstić information content (AvgIpc) is 2.02. The molecule has 2 nitrogen and oxygen atoms in total. The van der Waals surface area contributed by atoms with Crippen LogP contribution in [0.2, 0.25) is 0 Å². The van der Waals surface area contributed by atoms with Crippen molar-refractivity contribution in [1.29, 1.82) is 0 Å². The zero-order chi connectivity index (χ0) is 9.45. The maximum Gasteiger partial charge on any atom is 0.0778 e. The SMILES string of the molecule is C#CCC(O)(CCO)CCCC. The Kier molecular flexibility index (Phi) is 5.79. The van der Waals surface area contributed by atoms with Gasteiger partial charge in [0, 0.05) is 19.4 Å². The molecule has 0 saturated carbocycles. The summed E-state index contributed by atoms with van der Waals surface area (Å²) in [4.78, 5) is 0. The summed E-state index contributed by atoms with van der Waals surface area (Å²) >= 11 is 0. The molecule has 1 atom stereocenters. The fourth-order valence-corrected chi connectivity index (χ4v) is 1.21. The van der Waals surface area contributed by atoms with Gasteiger partial charge in [0.1, 0.15) is 0 Å². The van der Waals surface area contributed by atoms with Crippen molar-refractivity contribution in [2.75, 3.05) is 6.61 Å². The number of aliphatic hydroxyl groups is 2. The van der Waals surface area contributed by atoms with E-state index >= 15 is 0 Å². The minimum Gasteiger partial charge on any atom is -0.396 e. The van der Waals surface area contributed by atoms with E-state index < -0.39 is 5.60 Å². The fraction of sp³-hybridized carbons (Fsp3) is 0.800. The van der Waals surface area contributed by atoms with E-state index in [-0.39, 0.29) is 6.61 Å². The van der Waals surface area contributed by atoms with Crippen molar-refractivity contribution < 1.29 is 10.2 Å². The van der Waals surface area contributed by atoms with Crippen LogP contribution in [0.5, 0.6) is 0 Å². The molecule has 0 saturated heterocycles. The van der Waals surface area contributed by atoms with Crippen molar-refractivity contribution in [1.82, 2.24) is 0 Å². The van der Waals surface area contributed by atoms with Gasteiger partial charge in [0.05, 0.1) is 5.60 Å². The highest BCUT2D eigenvalue weighted by Gasteiger charge is 2.23. The van der Waals surface area contributed by atoms with E-state index in [1.54, 1.807) is 0 Å². The number of hydrogen-bond donors (Lipinski definition) is 2. The van der Waals surface area contributed by atoms with Crippen molar-refractivity contribution in [2.45, 2.75) is 44.6 Å². The van der Waals surface area contributed by atoms with Gasteiger partial charge < -0.3 is 10.2 Å². The third kappa shape index (κ3) is 4.38. The van der Waals surface area contributed by atoms with Crippen LogP contribution in [0, 0.1) is 12.3 Å². The maximum absolute atomic E-state index is 9.84. The Morgan fingerprint density at radius 3 is 2.50 bits per heavy atom. The molecule has 0 spiro atoms. The molecule has 12 heavy (non-hydrogen) atoms. The van der Waals surface area contributed by atoms with Crippen LogP contribution in [0.25, 0.3) is 0 Å². The smallest absolute Gasteiger partial charge is 0.0778 e. The summed E-state index contributed by atoms with van der Waals surface area (Å²) in [6.07, 6.45) is 8.54. The Morgan fingerprint density at radius 1 is 1.42 bits per heavy atom. The fourth-order valence-electron chi connectivity index (χ4n) is 1.21. The molecule has 0 fully saturated rings. The van der Waals surface area contributed by atoms with Crippen LogP contribution in [0.15, 0.2) is 0 Å². The van der Waals surface area contributed by atoms with Crippen LogP contribution in [0.4, 0.5) is 0 Å². The van der Waals surface area contributed by atoms with Crippen molar-refractivity contribution in [3.8, 4) is 12.3 Å². The number of hydrogen-bond acceptors (Lipinski definition) is 2. The molecule has 0 aliphatic rings. The van der Waals surface area contributed by atoms with Crippen LogP contribution in [-0.2, 0) is 0 Å². The van der Waals surface area contributed by atoms with Gasteiger partial charge in [-0.05, 0) is 6.42 Å². The third-order valence-corrected chi connectivity index (χ3v) is 2.00. The molecule has 0 heterocycles. The number of aliphatic hydroxyl groups excluding tert-OH is 1. The molecule has 0 aromatic heterocycles. The Hall–Kier alpha value is -0.520. The standard InChI is InChI=1S/C10H18O2/c1-3-5-7-10(12,6-4-2)8-9-11/h2,11-12H,3,5-9H2,1H3. The number of terminal acetylenes is 1. The van der Waals surface area contributed by atoms with Gasteiger partial charge in [0.25, 0.3) is 0 Å². The average molecular weight is 170 g/mol. The van der Waals surface area contributed by atoms with Crippen molar-refractivity contribution in [3.05, 3.63) is 0 Å². The minimum atomic E-state index is -0.834. The summed E-state index contributed by atoms with van der Waals surface area (Å²) in [5.74, 6) is 2.44. The molecule has 2 heteroatoms. The summed E-state index contributed by atoms with van der Waals surface area (Å²) in [7, 11) is 0. The van der Waals surface area contributed by atoms with Crippen molar-refractivity contribution in [3.63, 3.8) is 0 Å². The van der Waals surface area contributed by atoms with E-state index in [4.69, 9.17) is 11.5 Å². The molecule has 0 amide bonds. The van der Waals surface area contributed by atoms with Gasteiger partial charge >= 0.3 is 0 Å². The minimum absolute atomic E-state index is 0.00188. The molecule has 2 N–H and O–H groups in total. The number of rotatable bonds is 6. The quantitative estimate of drug-likeness (QED) is 0.590. The molecule has 0 rings (SSSR count). The monoisotopic (exact) mass is 170 g/mol. The van der Waals surface area contributed by atoms with E-state index in [2.05, 4.69) is 12.8 Å². The first kappa shape index (κ1) is 11.5. The van der Waals surface area contributed by atoms with Gasteiger partial charge in [-0.25, -0.2) is 0 Å². The summed E-state index contributed by atoms with van der Waals surface area (Å²) in [5, 5.41) is 18.5. The van der Waals surface area contributed by atoms with Gasteiger partial charge in [-0.1, -0.05) is 19.8 Å². The predicted molar refractivity (Wildman–Crippen MR) is 49.6 cm³/mol. The Morgan fingerprint density at radius 2 is 2.08 bits per heavy atom. The molecular weight excluding hydrogens is 152 g/mol. The lowest BCUT2D eigenvalue weighted by atomic mass is 9.90. The summed E-state index contributed by atoms with van der Waals surface area (Å²) < 4.78 is 0. The van der Waals surface area contributed by atoms with Gasteiger partial charge in [-0.2, -0.15) is 0 Å². The molecular formula is C10H18O2.